The molecule has 2 saturated heterocycles. The third kappa shape index (κ3) is 7.11. The Morgan fingerprint density at radius 1 is 0.974 bits per heavy atom. The van der Waals surface area contributed by atoms with Crippen LogP contribution in [0.25, 0.3) is 0 Å². The summed E-state index contributed by atoms with van der Waals surface area (Å²) < 4.78 is 13.3. The highest BCUT2D eigenvalue weighted by atomic mass is 16.7. The molecule has 2 fully saturated rings. The smallest absolute Gasteiger partial charge is 0.257 e. The van der Waals surface area contributed by atoms with Gasteiger partial charge in [-0.25, -0.2) is 0 Å². The zero-order chi connectivity index (χ0) is 27.0. The normalized spacial score (nSPS) is 24.5. The predicted octanol–water partition coefficient (Wildman–Crippen LogP) is 5.88. The van der Waals surface area contributed by atoms with Crippen LogP contribution in [0.3, 0.4) is 0 Å². The molecule has 4 unspecified atom stereocenters. The first-order chi connectivity index (χ1) is 19.1. The van der Waals surface area contributed by atoms with Crippen molar-refractivity contribution in [2.75, 3.05) is 25.0 Å². The quantitative estimate of drug-likeness (QED) is 0.397. The monoisotopic (exact) mass is 529 g/mol. The van der Waals surface area contributed by atoms with Crippen molar-refractivity contribution in [2.45, 2.75) is 64.1 Å². The summed E-state index contributed by atoms with van der Waals surface area (Å²) in [7, 11) is 0. The van der Waals surface area contributed by atoms with E-state index in [1.54, 1.807) is 24.5 Å². The van der Waals surface area contributed by atoms with Crippen LogP contribution in [0.2, 0.25) is 0 Å². The summed E-state index contributed by atoms with van der Waals surface area (Å²) in [6, 6.07) is 19.2. The van der Waals surface area contributed by atoms with Gasteiger partial charge in [-0.15, -0.1) is 0 Å². The van der Waals surface area contributed by atoms with E-state index in [9.17, 15) is 9.90 Å². The maximum Gasteiger partial charge on any atom is 0.257 e. The van der Waals surface area contributed by atoms with E-state index >= 15 is 0 Å². The standard InChI is InChI=1S/C32H39N3O4/c1-23-29(21-35-17-5-3-2-4-6-18-35)38-32(39-30(23)25-14-12-24(22-36)13-15-25)26-9-7-11-28(19-26)34-31(37)27-10-8-16-33-20-27/h7-16,19-20,23,29-30,32,36H,2-6,17-18,21-22H2,1H3,(H,34,37). The maximum atomic E-state index is 12.7. The van der Waals surface area contributed by atoms with Crippen LogP contribution in [0, 0.1) is 5.92 Å². The van der Waals surface area contributed by atoms with Crippen LogP contribution in [0.1, 0.15) is 78.5 Å². The van der Waals surface area contributed by atoms with E-state index in [4.69, 9.17) is 9.47 Å². The Bertz CT molecular complexity index is 1200. The van der Waals surface area contributed by atoms with E-state index < -0.39 is 6.29 Å². The van der Waals surface area contributed by atoms with Crippen LogP contribution >= 0.6 is 0 Å². The fourth-order valence-electron chi connectivity index (χ4n) is 5.54. The number of carbonyl (C=O) groups is 1. The van der Waals surface area contributed by atoms with Crippen LogP contribution in [0.5, 0.6) is 0 Å². The number of nitrogens with zero attached hydrogens (tertiary/aromatic N) is 2. The van der Waals surface area contributed by atoms with Crippen molar-refractivity contribution in [1.29, 1.82) is 0 Å². The first kappa shape index (κ1) is 27.5. The van der Waals surface area contributed by atoms with Crippen molar-refractivity contribution in [1.82, 2.24) is 9.88 Å². The number of hydrogen-bond acceptors (Lipinski definition) is 6. The molecule has 3 aromatic rings. The van der Waals surface area contributed by atoms with Crippen molar-refractivity contribution >= 4 is 11.6 Å². The summed E-state index contributed by atoms with van der Waals surface area (Å²) in [5.41, 5.74) is 3.99. The molecule has 7 heteroatoms. The Morgan fingerprint density at radius 3 is 2.46 bits per heavy atom. The Hall–Kier alpha value is -3.10. The fourth-order valence-corrected chi connectivity index (χ4v) is 5.54. The van der Waals surface area contributed by atoms with Gasteiger partial charge >= 0.3 is 0 Å². The van der Waals surface area contributed by atoms with Crippen molar-refractivity contribution in [3.8, 4) is 0 Å². The van der Waals surface area contributed by atoms with Gasteiger partial charge in [0.1, 0.15) is 0 Å². The molecule has 4 atom stereocenters. The Kier molecular flexibility index (Phi) is 9.37. The van der Waals surface area contributed by atoms with Gasteiger partial charge in [-0.2, -0.15) is 0 Å². The lowest BCUT2D eigenvalue weighted by Crippen LogP contribution is -2.45. The second-order valence-corrected chi connectivity index (χ2v) is 10.7. The summed E-state index contributed by atoms with van der Waals surface area (Å²) in [5, 5.41) is 12.5. The number of benzene rings is 2. The van der Waals surface area contributed by atoms with Gasteiger partial charge in [0.2, 0.25) is 0 Å². The average Bonchev–Trinajstić information content (AvgIpc) is 2.96. The number of nitrogens with one attached hydrogen (secondary N) is 1. The van der Waals surface area contributed by atoms with E-state index in [1.807, 2.05) is 48.5 Å². The predicted molar refractivity (Wildman–Crippen MR) is 151 cm³/mol. The molecular formula is C32H39N3O4. The first-order valence-electron chi connectivity index (χ1n) is 14.1. The number of aliphatic hydroxyl groups is 1. The average molecular weight is 530 g/mol. The minimum absolute atomic E-state index is 0.0145. The van der Waals surface area contributed by atoms with E-state index in [2.05, 4.69) is 22.1 Å². The van der Waals surface area contributed by atoms with Gasteiger partial charge in [-0.3, -0.25) is 9.78 Å². The van der Waals surface area contributed by atoms with Crippen molar-refractivity contribution in [3.05, 3.63) is 95.3 Å². The fraction of sp³-hybridized carbons (Fsp3) is 0.438. The highest BCUT2D eigenvalue weighted by molar-refractivity contribution is 6.04. The van der Waals surface area contributed by atoms with Crippen molar-refractivity contribution < 1.29 is 19.4 Å². The van der Waals surface area contributed by atoms with E-state index in [-0.39, 0.29) is 30.6 Å². The number of ether oxygens (including phenoxy) is 2. The topological polar surface area (TPSA) is 83.9 Å². The zero-order valence-corrected chi connectivity index (χ0v) is 22.7. The maximum absolute atomic E-state index is 12.7. The lowest BCUT2D eigenvalue weighted by Gasteiger charge is -2.43. The molecule has 5 rings (SSSR count). The summed E-state index contributed by atoms with van der Waals surface area (Å²) in [6.07, 6.45) is 8.82. The van der Waals surface area contributed by atoms with Gasteiger partial charge < -0.3 is 24.8 Å². The Labute approximate surface area is 231 Å². The summed E-state index contributed by atoms with van der Waals surface area (Å²) >= 11 is 0. The number of anilines is 1. The highest BCUT2D eigenvalue weighted by Gasteiger charge is 2.39. The highest BCUT2D eigenvalue weighted by Crippen LogP contribution is 2.42. The van der Waals surface area contributed by atoms with Gasteiger partial charge in [0.25, 0.3) is 5.91 Å². The SMILES string of the molecule is CC1C(CN2CCCCCCC2)OC(c2cccc(NC(=O)c3cccnc3)c2)OC1c1ccc(CO)cc1. The molecule has 39 heavy (non-hydrogen) atoms. The van der Waals surface area contributed by atoms with Gasteiger partial charge in [0.15, 0.2) is 6.29 Å². The molecule has 0 radical (unpaired) electrons. The molecule has 2 N–H and O–H groups in total. The Balaban J connectivity index is 1.38. The van der Waals surface area contributed by atoms with Crippen LogP contribution in [-0.2, 0) is 16.1 Å². The van der Waals surface area contributed by atoms with E-state index in [1.165, 1.54) is 32.1 Å². The van der Waals surface area contributed by atoms with Gasteiger partial charge in [0, 0.05) is 36.1 Å². The molecule has 2 aromatic carbocycles. The number of hydrogen-bond donors (Lipinski definition) is 2. The van der Waals surface area contributed by atoms with Crippen LogP contribution in [0.15, 0.2) is 73.1 Å². The third-order valence-corrected chi connectivity index (χ3v) is 7.85. The second-order valence-electron chi connectivity index (χ2n) is 10.7. The molecule has 2 aliphatic rings. The number of rotatable bonds is 7. The van der Waals surface area contributed by atoms with Gasteiger partial charge in [0.05, 0.1) is 24.4 Å². The molecule has 0 spiro atoms. The molecule has 2 aliphatic heterocycles. The van der Waals surface area contributed by atoms with Crippen LogP contribution in [0.4, 0.5) is 5.69 Å². The number of aromatic nitrogens is 1. The molecule has 1 aromatic heterocycles. The number of aliphatic hydroxyl groups excluding tert-OH is 1. The first-order valence-corrected chi connectivity index (χ1v) is 14.1. The number of likely N-dealkylation sites (tertiary alicyclic amines) is 1. The zero-order valence-electron chi connectivity index (χ0n) is 22.7. The van der Waals surface area contributed by atoms with Crippen molar-refractivity contribution in [3.63, 3.8) is 0 Å². The summed E-state index contributed by atoms with van der Waals surface area (Å²) in [4.78, 5) is 19.3. The van der Waals surface area contributed by atoms with Gasteiger partial charge in [-0.05, 0) is 61.3 Å². The molecule has 206 valence electrons. The molecule has 7 nitrogen and oxygen atoms in total. The lowest BCUT2D eigenvalue weighted by molar-refractivity contribution is -0.276. The second kappa shape index (κ2) is 13.3. The molecule has 0 bridgehead atoms. The lowest BCUT2D eigenvalue weighted by atomic mass is 9.89. The molecule has 1 amide bonds. The minimum Gasteiger partial charge on any atom is -0.392 e. The van der Waals surface area contributed by atoms with Gasteiger partial charge in [-0.1, -0.05) is 62.6 Å². The Morgan fingerprint density at radius 2 is 1.74 bits per heavy atom. The molecule has 0 aliphatic carbocycles. The van der Waals surface area contributed by atoms with Crippen LogP contribution in [-0.4, -0.2) is 46.6 Å². The third-order valence-electron chi connectivity index (χ3n) is 7.85. The number of carbonyl (C=O) groups excluding carboxylic acids is 1. The summed E-state index contributed by atoms with van der Waals surface area (Å²) in [5.74, 6) is -0.0729. The van der Waals surface area contributed by atoms with E-state index in [0.717, 1.165) is 36.3 Å². The van der Waals surface area contributed by atoms with Crippen molar-refractivity contribution in [2.24, 2.45) is 5.92 Å². The largest absolute Gasteiger partial charge is 0.392 e. The minimum atomic E-state index is -0.571. The van der Waals surface area contributed by atoms with E-state index in [0.29, 0.717) is 11.3 Å². The van der Waals surface area contributed by atoms with Crippen LogP contribution < -0.4 is 5.32 Å². The molecule has 0 saturated carbocycles. The molecule has 3 heterocycles. The molecular weight excluding hydrogens is 490 g/mol. The number of amides is 1. The summed E-state index contributed by atoms with van der Waals surface area (Å²) in [6.45, 7) is 5.29. The number of pyridine rings is 1.